The van der Waals surface area contributed by atoms with E-state index >= 15 is 0 Å². The summed E-state index contributed by atoms with van der Waals surface area (Å²) in [5.74, 6) is 8.30. The molecule has 0 heterocycles. The lowest BCUT2D eigenvalue weighted by molar-refractivity contribution is 0.347. The number of hydrogen-bond donors (Lipinski definition) is 2. The van der Waals surface area contributed by atoms with Gasteiger partial charge in [-0.15, -0.1) is 0 Å². The SMILES string of the molecule is CCC1CCC(C(Cc2cccc(OC)c2)NN)C1. The fourth-order valence-corrected chi connectivity index (χ4v) is 3.26. The molecule has 3 atom stereocenters. The van der Waals surface area contributed by atoms with Crippen LogP contribution in [0.1, 0.15) is 38.2 Å². The summed E-state index contributed by atoms with van der Waals surface area (Å²) in [4.78, 5) is 0. The third kappa shape index (κ3) is 3.71. The Morgan fingerprint density at radius 3 is 2.89 bits per heavy atom. The first-order valence-corrected chi connectivity index (χ1v) is 7.35. The molecule has 3 unspecified atom stereocenters. The molecule has 1 aliphatic carbocycles. The van der Waals surface area contributed by atoms with Gasteiger partial charge in [-0.25, -0.2) is 0 Å². The summed E-state index contributed by atoms with van der Waals surface area (Å²) in [5.41, 5.74) is 4.33. The molecule has 0 amide bonds. The van der Waals surface area contributed by atoms with Gasteiger partial charge in [0.1, 0.15) is 5.75 Å². The van der Waals surface area contributed by atoms with E-state index in [4.69, 9.17) is 10.6 Å². The van der Waals surface area contributed by atoms with Gasteiger partial charge in [0, 0.05) is 6.04 Å². The Bertz CT molecular complexity index is 394. The smallest absolute Gasteiger partial charge is 0.119 e. The van der Waals surface area contributed by atoms with E-state index in [-0.39, 0.29) is 0 Å². The lowest BCUT2D eigenvalue weighted by Crippen LogP contribution is -2.41. The fourth-order valence-electron chi connectivity index (χ4n) is 3.26. The Balaban J connectivity index is 1.98. The molecule has 1 fully saturated rings. The average Bonchev–Trinajstić information content (AvgIpc) is 2.93. The van der Waals surface area contributed by atoms with E-state index in [1.807, 2.05) is 12.1 Å². The maximum absolute atomic E-state index is 5.78. The van der Waals surface area contributed by atoms with Crippen molar-refractivity contribution in [3.05, 3.63) is 29.8 Å². The molecule has 3 N–H and O–H groups in total. The Hall–Kier alpha value is -1.06. The van der Waals surface area contributed by atoms with Gasteiger partial charge >= 0.3 is 0 Å². The van der Waals surface area contributed by atoms with Crippen LogP contribution in [0.25, 0.3) is 0 Å². The van der Waals surface area contributed by atoms with Gasteiger partial charge in [0.25, 0.3) is 0 Å². The normalized spacial score (nSPS) is 24.4. The molecule has 1 aromatic rings. The second kappa shape index (κ2) is 6.92. The Kier molecular flexibility index (Phi) is 5.23. The first-order valence-electron chi connectivity index (χ1n) is 7.35. The van der Waals surface area contributed by atoms with E-state index in [0.29, 0.717) is 12.0 Å². The van der Waals surface area contributed by atoms with Crippen LogP contribution >= 0.6 is 0 Å². The maximum Gasteiger partial charge on any atom is 0.119 e. The molecule has 0 spiro atoms. The van der Waals surface area contributed by atoms with E-state index < -0.39 is 0 Å². The van der Waals surface area contributed by atoms with Gasteiger partial charge in [-0.1, -0.05) is 31.9 Å². The average molecular weight is 262 g/mol. The number of methoxy groups -OCH3 is 1. The Morgan fingerprint density at radius 2 is 2.26 bits per heavy atom. The molecule has 3 nitrogen and oxygen atoms in total. The second-order valence-corrected chi connectivity index (χ2v) is 5.68. The largest absolute Gasteiger partial charge is 0.497 e. The first kappa shape index (κ1) is 14.4. The van der Waals surface area contributed by atoms with Crippen LogP contribution in [0.2, 0.25) is 0 Å². The molecule has 106 valence electrons. The zero-order valence-corrected chi connectivity index (χ0v) is 12.1. The molecule has 1 aromatic carbocycles. The maximum atomic E-state index is 5.78. The van der Waals surface area contributed by atoms with Crippen LogP contribution in [-0.4, -0.2) is 13.2 Å². The molecule has 0 bridgehead atoms. The van der Waals surface area contributed by atoms with Crippen LogP contribution in [0.15, 0.2) is 24.3 Å². The van der Waals surface area contributed by atoms with E-state index in [0.717, 1.165) is 18.1 Å². The molecule has 0 saturated heterocycles. The van der Waals surface area contributed by atoms with Crippen LogP contribution in [0, 0.1) is 11.8 Å². The molecule has 0 radical (unpaired) electrons. The van der Waals surface area contributed by atoms with Gasteiger partial charge < -0.3 is 4.74 Å². The number of rotatable bonds is 6. The van der Waals surface area contributed by atoms with Crippen molar-refractivity contribution in [3.63, 3.8) is 0 Å². The van der Waals surface area contributed by atoms with Crippen molar-refractivity contribution in [1.29, 1.82) is 0 Å². The Labute approximate surface area is 116 Å². The number of nitrogens with two attached hydrogens (primary N) is 1. The third-order valence-electron chi connectivity index (χ3n) is 4.53. The van der Waals surface area contributed by atoms with E-state index in [2.05, 4.69) is 24.5 Å². The minimum Gasteiger partial charge on any atom is -0.497 e. The summed E-state index contributed by atoms with van der Waals surface area (Å²) in [7, 11) is 1.71. The van der Waals surface area contributed by atoms with Crippen molar-refractivity contribution in [2.45, 2.75) is 45.1 Å². The minimum absolute atomic E-state index is 0.378. The number of benzene rings is 1. The standard InChI is InChI=1S/C16H26N2O/c1-3-12-7-8-14(9-12)16(18-17)11-13-5-4-6-15(10-13)19-2/h4-6,10,12,14,16,18H,3,7-9,11,17H2,1-2H3. The van der Waals surface area contributed by atoms with Gasteiger partial charge in [0.2, 0.25) is 0 Å². The highest BCUT2D eigenvalue weighted by atomic mass is 16.5. The van der Waals surface area contributed by atoms with Crippen molar-refractivity contribution in [1.82, 2.24) is 5.43 Å². The molecule has 1 saturated carbocycles. The molecule has 1 aliphatic rings. The Morgan fingerprint density at radius 1 is 1.42 bits per heavy atom. The summed E-state index contributed by atoms with van der Waals surface area (Å²) < 4.78 is 5.28. The molecule has 19 heavy (non-hydrogen) atoms. The van der Waals surface area contributed by atoms with Gasteiger partial charge in [0.05, 0.1) is 7.11 Å². The topological polar surface area (TPSA) is 47.3 Å². The zero-order chi connectivity index (χ0) is 13.7. The van der Waals surface area contributed by atoms with Gasteiger partial charge in [-0.3, -0.25) is 11.3 Å². The van der Waals surface area contributed by atoms with E-state index in [1.165, 1.54) is 31.2 Å². The summed E-state index contributed by atoms with van der Waals surface area (Å²) in [6.45, 7) is 2.29. The molecule has 2 rings (SSSR count). The van der Waals surface area contributed by atoms with Crippen LogP contribution in [0.5, 0.6) is 5.75 Å². The van der Waals surface area contributed by atoms with Gasteiger partial charge in [-0.2, -0.15) is 0 Å². The van der Waals surface area contributed by atoms with Crippen LogP contribution in [0.3, 0.4) is 0 Å². The van der Waals surface area contributed by atoms with Crippen molar-refractivity contribution in [3.8, 4) is 5.75 Å². The number of ether oxygens (including phenoxy) is 1. The number of hydrazine groups is 1. The molecule has 0 aromatic heterocycles. The molecular formula is C16H26N2O. The van der Waals surface area contributed by atoms with Crippen LogP contribution < -0.4 is 16.0 Å². The summed E-state index contributed by atoms with van der Waals surface area (Å²) in [6, 6.07) is 8.67. The predicted octanol–water partition coefficient (Wildman–Crippen LogP) is 2.90. The second-order valence-electron chi connectivity index (χ2n) is 5.68. The first-order chi connectivity index (χ1) is 9.26. The molecular weight excluding hydrogens is 236 g/mol. The third-order valence-corrected chi connectivity index (χ3v) is 4.53. The van der Waals surface area contributed by atoms with Crippen molar-refractivity contribution in [2.75, 3.05) is 7.11 Å². The minimum atomic E-state index is 0.378. The van der Waals surface area contributed by atoms with Gasteiger partial charge in [-0.05, 0) is 48.8 Å². The quantitative estimate of drug-likeness (QED) is 0.612. The predicted molar refractivity (Wildman–Crippen MR) is 78.9 cm³/mol. The van der Waals surface area contributed by atoms with Crippen LogP contribution in [0.4, 0.5) is 0 Å². The fraction of sp³-hybridized carbons (Fsp3) is 0.625. The molecule has 0 aliphatic heterocycles. The van der Waals surface area contributed by atoms with Crippen molar-refractivity contribution < 1.29 is 4.74 Å². The van der Waals surface area contributed by atoms with Crippen LogP contribution in [-0.2, 0) is 6.42 Å². The zero-order valence-electron chi connectivity index (χ0n) is 12.1. The lowest BCUT2D eigenvalue weighted by Gasteiger charge is -2.23. The summed E-state index contributed by atoms with van der Waals surface area (Å²) in [5, 5.41) is 0. The van der Waals surface area contributed by atoms with E-state index in [9.17, 15) is 0 Å². The lowest BCUT2D eigenvalue weighted by atomic mass is 9.91. The monoisotopic (exact) mass is 262 g/mol. The van der Waals surface area contributed by atoms with Crippen molar-refractivity contribution >= 4 is 0 Å². The van der Waals surface area contributed by atoms with Gasteiger partial charge in [0.15, 0.2) is 0 Å². The highest BCUT2D eigenvalue weighted by Crippen LogP contribution is 2.35. The summed E-state index contributed by atoms with van der Waals surface area (Å²) in [6.07, 6.45) is 6.26. The number of hydrogen-bond acceptors (Lipinski definition) is 3. The summed E-state index contributed by atoms with van der Waals surface area (Å²) >= 11 is 0. The highest BCUT2D eigenvalue weighted by molar-refractivity contribution is 5.29. The highest BCUT2D eigenvalue weighted by Gasteiger charge is 2.29. The molecule has 3 heteroatoms. The van der Waals surface area contributed by atoms with E-state index in [1.54, 1.807) is 7.11 Å². The van der Waals surface area contributed by atoms with Crippen molar-refractivity contribution in [2.24, 2.45) is 17.7 Å². The number of nitrogens with one attached hydrogen (secondary N) is 1.